The molecule has 1 aromatic carbocycles. The molecule has 4 rings (SSSR count). The van der Waals surface area contributed by atoms with Crippen molar-refractivity contribution >= 4 is 45.6 Å². The molecular formula is C24H24N4O2S2. The van der Waals surface area contributed by atoms with Gasteiger partial charge in [0.15, 0.2) is 0 Å². The highest BCUT2D eigenvalue weighted by molar-refractivity contribution is 8.14. The van der Waals surface area contributed by atoms with Gasteiger partial charge in [-0.1, -0.05) is 36.0 Å². The Kier molecular flexibility index (Phi) is 7.08. The minimum absolute atomic E-state index is 0.0407. The first-order valence-electron chi connectivity index (χ1n) is 10.6. The fourth-order valence-electron chi connectivity index (χ4n) is 3.84. The van der Waals surface area contributed by atoms with Crippen molar-refractivity contribution in [2.75, 3.05) is 11.1 Å². The molecule has 0 bridgehead atoms. The van der Waals surface area contributed by atoms with Gasteiger partial charge in [-0.25, -0.2) is 4.99 Å². The SMILES string of the molecule is CC1=C(C(=O)Nc2ccccc2)C(c2cccs2)C(C#N)C(SCC(=O)NC2CCC2)=N1. The number of rotatable bonds is 6. The van der Waals surface area contributed by atoms with Gasteiger partial charge in [-0.3, -0.25) is 9.59 Å². The van der Waals surface area contributed by atoms with Gasteiger partial charge in [-0.05, 0) is 49.8 Å². The lowest BCUT2D eigenvalue weighted by atomic mass is 9.82. The number of anilines is 1. The topological polar surface area (TPSA) is 94.4 Å². The fourth-order valence-corrected chi connectivity index (χ4v) is 5.65. The number of allylic oxidation sites excluding steroid dienone is 1. The lowest BCUT2D eigenvalue weighted by Gasteiger charge is -2.30. The number of nitriles is 1. The standard InChI is InChI=1S/C24H24N4O2S2/c1-15-21(23(30)28-17-7-3-2-4-8-17)22(19-11-6-12-31-19)18(13-25)24(26-15)32-14-20(29)27-16-9-5-10-16/h2-4,6-8,11-12,16,18,22H,5,9-10,14H2,1H3,(H,27,29)(H,28,30). The molecule has 1 aromatic heterocycles. The van der Waals surface area contributed by atoms with Crippen molar-refractivity contribution in [1.82, 2.24) is 5.32 Å². The van der Waals surface area contributed by atoms with Crippen molar-refractivity contribution in [3.8, 4) is 6.07 Å². The number of nitrogens with one attached hydrogen (secondary N) is 2. The van der Waals surface area contributed by atoms with Gasteiger partial charge < -0.3 is 10.6 Å². The molecule has 1 aliphatic carbocycles. The van der Waals surface area contributed by atoms with Crippen LogP contribution in [0.2, 0.25) is 0 Å². The van der Waals surface area contributed by atoms with E-state index in [1.807, 2.05) is 47.8 Å². The van der Waals surface area contributed by atoms with Gasteiger partial charge in [-0.15, -0.1) is 11.3 Å². The maximum atomic E-state index is 13.3. The minimum atomic E-state index is -0.629. The van der Waals surface area contributed by atoms with Crippen LogP contribution in [0.3, 0.4) is 0 Å². The number of nitrogens with zero attached hydrogens (tertiary/aromatic N) is 2. The van der Waals surface area contributed by atoms with E-state index in [9.17, 15) is 14.9 Å². The Labute approximate surface area is 195 Å². The number of benzene rings is 1. The fraction of sp³-hybridized carbons (Fsp3) is 0.333. The molecular weight excluding hydrogens is 440 g/mol. The van der Waals surface area contributed by atoms with Gasteiger partial charge in [0.1, 0.15) is 5.92 Å². The minimum Gasteiger partial charge on any atom is -0.353 e. The third-order valence-corrected chi connectivity index (χ3v) is 7.67. The van der Waals surface area contributed by atoms with Gasteiger partial charge in [0.2, 0.25) is 5.91 Å². The van der Waals surface area contributed by atoms with E-state index >= 15 is 0 Å². The molecule has 2 atom stereocenters. The second kappa shape index (κ2) is 10.2. The van der Waals surface area contributed by atoms with Crippen LogP contribution >= 0.6 is 23.1 Å². The average molecular weight is 465 g/mol. The number of aliphatic imine (C=N–C) groups is 1. The molecule has 1 aliphatic heterocycles. The molecule has 164 valence electrons. The van der Waals surface area contributed by atoms with E-state index < -0.39 is 11.8 Å². The van der Waals surface area contributed by atoms with Crippen molar-refractivity contribution in [2.45, 2.75) is 38.1 Å². The number of hydrogen-bond donors (Lipinski definition) is 2. The molecule has 32 heavy (non-hydrogen) atoms. The van der Waals surface area contributed by atoms with Crippen LogP contribution in [0.4, 0.5) is 5.69 Å². The van der Waals surface area contributed by atoms with Crippen molar-refractivity contribution in [3.63, 3.8) is 0 Å². The Balaban J connectivity index is 1.60. The number of carbonyl (C=O) groups is 2. The van der Waals surface area contributed by atoms with Crippen molar-refractivity contribution in [2.24, 2.45) is 10.9 Å². The summed E-state index contributed by atoms with van der Waals surface area (Å²) in [6.45, 7) is 1.79. The Morgan fingerprint density at radius 3 is 2.62 bits per heavy atom. The van der Waals surface area contributed by atoms with Crippen molar-refractivity contribution < 1.29 is 9.59 Å². The van der Waals surface area contributed by atoms with Crippen LogP contribution in [0.5, 0.6) is 0 Å². The molecule has 2 N–H and O–H groups in total. The summed E-state index contributed by atoms with van der Waals surface area (Å²) >= 11 is 2.81. The van der Waals surface area contributed by atoms with Gasteiger partial charge in [0, 0.05) is 33.8 Å². The zero-order valence-corrected chi connectivity index (χ0v) is 19.3. The Hall–Kier alpha value is -2.89. The molecule has 2 unspecified atom stereocenters. The maximum Gasteiger partial charge on any atom is 0.254 e. The van der Waals surface area contributed by atoms with Crippen LogP contribution in [0.1, 0.15) is 37.0 Å². The molecule has 0 saturated heterocycles. The van der Waals surface area contributed by atoms with E-state index in [2.05, 4.69) is 21.7 Å². The summed E-state index contributed by atoms with van der Waals surface area (Å²) < 4.78 is 0. The normalized spacial score (nSPS) is 20.7. The third kappa shape index (κ3) is 4.95. The van der Waals surface area contributed by atoms with Crippen molar-refractivity contribution in [3.05, 3.63) is 64.0 Å². The molecule has 0 radical (unpaired) electrons. The Morgan fingerprint density at radius 2 is 2.00 bits per heavy atom. The summed E-state index contributed by atoms with van der Waals surface area (Å²) in [5.41, 5.74) is 1.75. The molecule has 2 aromatic rings. The molecule has 2 aliphatic rings. The van der Waals surface area contributed by atoms with Gasteiger partial charge >= 0.3 is 0 Å². The molecule has 1 saturated carbocycles. The third-order valence-electron chi connectivity index (χ3n) is 5.66. The highest BCUT2D eigenvalue weighted by Gasteiger charge is 2.39. The first-order valence-corrected chi connectivity index (χ1v) is 12.4. The van der Waals surface area contributed by atoms with E-state index in [1.54, 1.807) is 6.92 Å². The Bertz CT molecular complexity index is 1080. The van der Waals surface area contributed by atoms with Crippen LogP contribution in [0, 0.1) is 17.2 Å². The second-order valence-electron chi connectivity index (χ2n) is 7.85. The second-order valence-corrected chi connectivity index (χ2v) is 9.83. The first kappa shape index (κ1) is 22.3. The Morgan fingerprint density at radius 1 is 1.22 bits per heavy atom. The zero-order valence-electron chi connectivity index (χ0n) is 17.7. The molecule has 2 heterocycles. The lowest BCUT2D eigenvalue weighted by Crippen LogP contribution is -2.40. The average Bonchev–Trinajstić information content (AvgIpc) is 3.29. The van der Waals surface area contributed by atoms with E-state index in [-0.39, 0.29) is 23.6 Å². The summed E-state index contributed by atoms with van der Waals surface area (Å²) in [6.07, 6.45) is 3.21. The van der Waals surface area contributed by atoms with Crippen LogP contribution in [0.25, 0.3) is 0 Å². The van der Waals surface area contributed by atoms with Gasteiger partial charge in [-0.2, -0.15) is 5.26 Å². The van der Waals surface area contributed by atoms with Crippen LogP contribution < -0.4 is 10.6 Å². The number of para-hydroxylation sites is 1. The molecule has 1 fully saturated rings. The number of thioether (sulfide) groups is 1. The molecule has 0 spiro atoms. The van der Waals surface area contributed by atoms with Crippen LogP contribution in [-0.2, 0) is 9.59 Å². The van der Waals surface area contributed by atoms with E-state index in [0.29, 0.717) is 22.0 Å². The highest BCUT2D eigenvalue weighted by Crippen LogP contribution is 2.43. The predicted octanol–water partition coefficient (Wildman–Crippen LogP) is 4.70. The number of thiophene rings is 1. The van der Waals surface area contributed by atoms with Crippen LogP contribution in [-0.4, -0.2) is 28.7 Å². The monoisotopic (exact) mass is 464 g/mol. The first-order chi connectivity index (χ1) is 15.6. The number of amides is 2. The molecule has 8 heteroatoms. The van der Waals surface area contributed by atoms with E-state index in [1.165, 1.54) is 23.1 Å². The molecule has 2 amide bonds. The highest BCUT2D eigenvalue weighted by atomic mass is 32.2. The molecule has 6 nitrogen and oxygen atoms in total. The largest absolute Gasteiger partial charge is 0.353 e. The van der Waals surface area contributed by atoms with E-state index in [0.717, 1.165) is 24.1 Å². The lowest BCUT2D eigenvalue weighted by molar-refractivity contribution is -0.119. The van der Waals surface area contributed by atoms with Crippen LogP contribution in [0.15, 0.2) is 64.1 Å². The van der Waals surface area contributed by atoms with Gasteiger partial charge in [0.05, 0.1) is 16.9 Å². The number of carbonyl (C=O) groups excluding carboxylic acids is 2. The van der Waals surface area contributed by atoms with Crippen molar-refractivity contribution in [1.29, 1.82) is 5.26 Å². The summed E-state index contributed by atoms with van der Waals surface area (Å²) in [6, 6.07) is 15.7. The quantitative estimate of drug-likeness (QED) is 0.648. The summed E-state index contributed by atoms with van der Waals surface area (Å²) in [7, 11) is 0. The zero-order chi connectivity index (χ0) is 22.5. The maximum absolute atomic E-state index is 13.3. The predicted molar refractivity (Wildman–Crippen MR) is 130 cm³/mol. The summed E-state index contributed by atoms with van der Waals surface area (Å²) in [4.78, 5) is 31.1. The summed E-state index contributed by atoms with van der Waals surface area (Å²) in [5.74, 6) is -1.15. The van der Waals surface area contributed by atoms with Gasteiger partial charge in [0.25, 0.3) is 5.91 Å². The van der Waals surface area contributed by atoms with E-state index in [4.69, 9.17) is 0 Å². The summed E-state index contributed by atoms with van der Waals surface area (Å²) in [5, 5.41) is 18.6. The smallest absolute Gasteiger partial charge is 0.254 e. The number of hydrogen-bond acceptors (Lipinski definition) is 6.